The second-order valence-corrected chi connectivity index (χ2v) is 6.59. The van der Waals surface area contributed by atoms with Crippen LogP contribution >= 0.6 is 24.8 Å². The minimum Gasteiger partial charge on any atom is -0.356 e. The SMILES string of the molecule is CC1(CNC(=O)CCc2nc(-c3ccncc3)no2)CCNCC1.Cl.Cl. The summed E-state index contributed by atoms with van der Waals surface area (Å²) in [6.45, 7) is 4.99. The van der Waals surface area contributed by atoms with Crippen molar-refractivity contribution in [2.45, 2.75) is 32.6 Å². The molecule has 1 aliphatic heterocycles. The van der Waals surface area contributed by atoms with Crippen molar-refractivity contribution in [3.63, 3.8) is 0 Å². The highest BCUT2D eigenvalue weighted by atomic mass is 35.5. The zero-order valence-corrected chi connectivity index (χ0v) is 16.4. The van der Waals surface area contributed by atoms with Crippen molar-refractivity contribution in [2.75, 3.05) is 19.6 Å². The van der Waals surface area contributed by atoms with Crippen molar-refractivity contribution in [2.24, 2.45) is 5.41 Å². The van der Waals surface area contributed by atoms with Crippen LogP contribution in [-0.4, -0.2) is 40.7 Å². The lowest BCUT2D eigenvalue weighted by Crippen LogP contribution is -2.42. The van der Waals surface area contributed by atoms with Crippen LogP contribution in [-0.2, 0) is 11.2 Å². The van der Waals surface area contributed by atoms with Gasteiger partial charge in [0.25, 0.3) is 0 Å². The highest BCUT2D eigenvalue weighted by Gasteiger charge is 2.26. The standard InChI is InChI=1S/C17H23N5O2.2ClH/c1-17(6-10-19-11-7-17)12-20-14(23)2-3-15-21-16(22-24-15)13-4-8-18-9-5-13;;/h4-5,8-9,19H,2-3,6-7,10-12H2,1H3,(H,20,23);2*1H. The quantitative estimate of drug-likeness (QED) is 0.771. The van der Waals surface area contributed by atoms with Crippen molar-refractivity contribution in [3.8, 4) is 11.4 Å². The molecule has 0 unspecified atom stereocenters. The van der Waals surface area contributed by atoms with E-state index in [9.17, 15) is 4.79 Å². The summed E-state index contributed by atoms with van der Waals surface area (Å²) in [6, 6.07) is 3.64. The van der Waals surface area contributed by atoms with Crippen LogP contribution < -0.4 is 10.6 Å². The third kappa shape index (κ3) is 6.23. The number of nitrogens with one attached hydrogen (secondary N) is 2. The molecule has 0 saturated carbocycles. The summed E-state index contributed by atoms with van der Waals surface area (Å²) >= 11 is 0. The van der Waals surface area contributed by atoms with E-state index >= 15 is 0 Å². The number of rotatable bonds is 6. The van der Waals surface area contributed by atoms with E-state index in [1.54, 1.807) is 12.4 Å². The number of nitrogens with zero attached hydrogens (tertiary/aromatic N) is 3. The van der Waals surface area contributed by atoms with Crippen LogP contribution in [0.2, 0.25) is 0 Å². The Balaban J connectivity index is 0.00000169. The van der Waals surface area contributed by atoms with Gasteiger partial charge >= 0.3 is 0 Å². The smallest absolute Gasteiger partial charge is 0.227 e. The Morgan fingerprint density at radius 1 is 1.27 bits per heavy atom. The first kappa shape index (κ1) is 22.3. The Morgan fingerprint density at radius 2 is 1.96 bits per heavy atom. The number of hydrogen-bond donors (Lipinski definition) is 2. The third-order valence-corrected chi connectivity index (χ3v) is 4.50. The Hall–Kier alpha value is -1.70. The number of aromatic nitrogens is 3. The molecule has 1 saturated heterocycles. The molecule has 0 spiro atoms. The lowest BCUT2D eigenvalue weighted by atomic mass is 9.81. The largest absolute Gasteiger partial charge is 0.356 e. The summed E-state index contributed by atoms with van der Waals surface area (Å²) in [4.78, 5) is 20.3. The van der Waals surface area contributed by atoms with Gasteiger partial charge in [-0.15, -0.1) is 24.8 Å². The Labute approximate surface area is 165 Å². The van der Waals surface area contributed by atoms with Gasteiger partial charge in [-0.05, 0) is 43.5 Å². The number of hydrogen-bond acceptors (Lipinski definition) is 6. The van der Waals surface area contributed by atoms with E-state index in [4.69, 9.17) is 4.52 Å². The van der Waals surface area contributed by atoms with Crippen LogP contribution in [0.15, 0.2) is 29.0 Å². The maximum Gasteiger partial charge on any atom is 0.227 e. The topological polar surface area (TPSA) is 92.9 Å². The monoisotopic (exact) mass is 401 g/mol. The number of carbonyl (C=O) groups excluding carboxylic acids is 1. The molecule has 1 aliphatic rings. The van der Waals surface area contributed by atoms with Crippen LogP contribution in [0.5, 0.6) is 0 Å². The second-order valence-electron chi connectivity index (χ2n) is 6.59. The lowest BCUT2D eigenvalue weighted by Gasteiger charge is -2.34. The zero-order valence-electron chi connectivity index (χ0n) is 14.7. The fourth-order valence-electron chi connectivity index (χ4n) is 2.80. The van der Waals surface area contributed by atoms with E-state index < -0.39 is 0 Å². The van der Waals surface area contributed by atoms with Crippen molar-refractivity contribution < 1.29 is 9.32 Å². The molecule has 2 aromatic heterocycles. The molecule has 0 aliphatic carbocycles. The molecule has 144 valence electrons. The van der Waals surface area contributed by atoms with E-state index in [1.807, 2.05) is 12.1 Å². The summed E-state index contributed by atoms with van der Waals surface area (Å²) in [5, 5.41) is 10.3. The molecule has 0 atom stereocenters. The van der Waals surface area contributed by atoms with E-state index in [0.717, 1.165) is 38.0 Å². The minimum absolute atomic E-state index is 0. The van der Waals surface area contributed by atoms with Gasteiger partial charge in [-0.1, -0.05) is 12.1 Å². The molecule has 1 fully saturated rings. The van der Waals surface area contributed by atoms with Gasteiger partial charge in [0.05, 0.1) is 0 Å². The van der Waals surface area contributed by atoms with Gasteiger partial charge in [-0.25, -0.2) is 0 Å². The number of aryl methyl sites for hydroxylation is 1. The normalized spacial score (nSPS) is 15.4. The predicted octanol–water partition coefficient (Wildman–Crippen LogP) is 2.41. The summed E-state index contributed by atoms with van der Waals surface area (Å²) in [5.74, 6) is 1.03. The predicted molar refractivity (Wildman–Crippen MR) is 104 cm³/mol. The van der Waals surface area contributed by atoms with Gasteiger partial charge in [0, 0.05) is 37.3 Å². The van der Waals surface area contributed by atoms with Crippen LogP contribution in [0.4, 0.5) is 0 Å². The minimum atomic E-state index is 0. The van der Waals surface area contributed by atoms with Gasteiger partial charge in [-0.2, -0.15) is 4.98 Å². The van der Waals surface area contributed by atoms with Gasteiger partial charge in [0.1, 0.15) is 0 Å². The van der Waals surface area contributed by atoms with Gasteiger partial charge in [0.2, 0.25) is 17.6 Å². The Kier molecular flexibility index (Phi) is 8.98. The second kappa shape index (κ2) is 10.4. The zero-order chi connectivity index (χ0) is 16.8. The number of halogens is 2. The highest BCUT2D eigenvalue weighted by molar-refractivity contribution is 5.85. The van der Waals surface area contributed by atoms with Crippen LogP contribution in [0, 0.1) is 5.41 Å². The molecule has 1 amide bonds. The first-order valence-corrected chi connectivity index (χ1v) is 8.35. The van der Waals surface area contributed by atoms with E-state index in [0.29, 0.717) is 24.6 Å². The molecule has 9 heteroatoms. The molecule has 3 heterocycles. The molecular formula is C17H25Cl2N5O2. The number of piperidine rings is 1. The fourth-order valence-corrected chi connectivity index (χ4v) is 2.80. The number of carbonyl (C=O) groups is 1. The summed E-state index contributed by atoms with van der Waals surface area (Å²) in [5.41, 5.74) is 1.04. The third-order valence-electron chi connectivity index (χ3n) is 4.50. The first-order chi connectivity index (χ1) is 11.6. The van der Waals surface area contributed by atoms with Gasteiger partial charge in [0.15, 0.2) is 0 Å². The van der Waals surface area contributed by atoms with Crippen molar-refractivity contribution in [1.82, 2.24) is 25.8 Å². The molecule has 0 radical (unpaired) electrons. The molecule has 3 rings (SSSR count). The molecule has 26 heavy (non-hydrogen) atoms. The van der Waals surface area contributed by atoms with E-state index in [2.05, 4.69) is 32.7 Å². The summed E-state index contributed by atoms with van der Waals surface area (Å²) in [7, 11) is 0. The summed E-state index contributed by atoms with van der Waals surface area (Å²) < 4.78 is 5.21. The van der Waals surface area contributed by atoms with Crippen LogP contribution in [0.3, 0.4) is 0 Å². The van der Waals surface area contributed by atoms with Gasteiger partial charge in [-0.3, -0.25) is 9.78 Å². The molecule has 2 N–H and O–H groups in total. The highest BCUT2D eigenvalue weighted by Crippen LogP contribution is 2.26. The summed E-state index contributed by atoms with van der Waals surface area (Å²) in [6.07, 6.45) is 6.34. The van der Waals surface area contributed by atoms with Gasteiger partial charge < -0.3 is 15.2 Å². The first-order valence-electron chi connectivity index (χ1n) is 8.35. The fraction of sp³-hybridized carbons (Fsp3) is 0.529. The molecule has 2 aromatic rings. The van der Waals surface area contributed by atoms with Crippen molar-refractivity contribution in [3.05, 3.63) is 30.4 Å². The number of amides is 1. The van der Waals surface area contributed by atoms with E-state index in [1.165, 1.54) is 0 Å². The van der Waals surface area contributed by atoms with Crippen LogP contribution in [0.1, 0.15) is 32.1 Å². The average Bonchev–Trinajstić information content (AvgIpc) is 3.09. The van der Waals surface area contributed by atoms with E-state index in [-0.39, 0.29) is 36.1 Å². The van der Waals surface area contributed by atoms with Crippen molar-refractivity contribution in [1.29, 1.82) is 0 Å². The van der Waals surface area contributed by atoms with Crippen molar-refractivity contribution >= 4 is 30.7 Å². The van der Waals surface area contributed by atoms with Crippen LogP contribution in [0.25, 0.3) is 11.4 Å². The molecule has 0 bridgehead atoms. The average molecular weight is 402 g/mol. The Bertz CT molecular complexity index is 675. The Morgan fingerprint density at radius 3 is 2.65 bits per heavy atom. The molecule has 0 aromatic carbocycles. The number of pyridine rings is 1. The maximum absolute atomic E-state index is 12.1. The molecule has 7 nitrogen and oxygen atoms in total. The molecular weight excluding hydrogens is 377 g/mol. The maximum atomic E-state index is 12.1. The lowest BCUT2D eigenvalue weighted by molar-refractivity contribution is -0.121.